The summed E-state index contributed by atoms with van der Waals surface area (Å²) in [5.41, 5.74) is 0.0326. The van der Waals surface area contributed by atoms with E-state index in [9.17, 15) is 9.59 Å². The van der Waals surface area contributed by atoms with Gasteiger partial charge in [-0.1, -0.05) is 0 Å². The van der Waals surface area contributed by atoms with Gasteiger partial charge in [0.05, 0.1) is 0 Å². The van der Waals surface area contributed by atoms with Crippen LogP contribution in [0.15, 0.2) is 18.2 Å². The normalized spacial score (nSPS) is 19.9. The van der Waals surface area contributed by atoms with E-state index in [1.165, 1.54) is 0 Å². The van der Waals surface area contributed by atoms with Crippen molar-refractivity contribution in [3.8, 4) is 11.5 Å². The topological polar surface area (TPSA) is 68.3 Å². The Balaban J connectivity index is 1.66. The fraction of sp³-hybridized carbons (Fsp3) is 0.579. The summed E-state index contributed by atoms with van der Waals surface area (Å²) in [7, 11) is 0. The van der Waals surface area contributed by atoms with E-state index >= 15 is 0 Å². The lowest BCUT2D eigenvalue weighted by molar-refractivity contribution is 0.00616. The van der Waals surface area contributed by atoms with Gasteiger partial charge in [0.1, 0.15) is 18.8 Å². The van der Waals surface area contributed by atoms with Gasteiger partial charge in [0.2, 0.25) is 0 Å². The molecular weight excluding hydrogens is 336 g/mol. The van der Waals surface area contributed by atoms with Crippen LogP contribution in [0.25, 0.3) is 0 Å². The average Bonchev–Trinajstić information content (AvgIpc) is 2.59. The minimum atomic E-state index is -0.529. The van der Waals surface area contributed by atoms with Gasteiger partial charge in [-0.15, -0.1) is 0 Å². The molecule has 26 heavy (non-hydrogen) atoms. The monoisotopic (exact) mass is 362 g/mol. The van der Waals surface area contributed by atoms with E-state index in [0.717, 1.165) is 0 Å². The van der Waals surface area contributed by atoms with Gasteiger partial charge in [0, 0.05) is 31.2 Å². The fourth-order valence-electron chi connectivity index (χ4n) is 3.09. The Morgan fingerprint density at radius 3 is 2.46 bits per heavy atom. The van der Waals surface area contributed by atoms with Crippen molar-refractivity contribution in [1.29, 1.82) is 0 Å². The van der Waals surface area contributed by atoms with Gasteiger partial charge in [-0.3, -0.25) is 4.79 Å². The molecule has 1 fully saturated rings. The first kappa shape index (κ1) is 18.4. The summed E-state index contributed by atoms with van der Waals surface area (Å²) in [4.78, 5) is 28.6. The minimum Gasteiger partial charge on any atom is -0.486 e. The van der Waals surface area contributed by atoms with Gasteiger partial charge < -0.3 is 24.0 Å². The van der Waals surface area contributed by atoms with Gasteiger partial charge in [-0.05, 0) is 45.9 Å². The first-order chi connectivity index (χ1) is 12.2. The van der Waals surface area contributed by atoms with E-state index < -0.39 is 5.60 Å². The Bertz CT molecular complexity index is 698. The third-order valence-corrected chi connectivity index (χ3v) is 4.33. The molecule has 3 rings (SSSR count). The summed E-state index contributed by atoms with van der Waals surface area (Å²) in [6, 6.07) is 5.15. The van der Waals surface area contributed by atoms with Crippen molar-refractivity contribution in [2.75, 3.05) is 32.8 Å². The number of piperazine rings is 1. The molecule has 1 aromatic rings. The van der Waals surface area contributed by atoms with Crippen molar-refractivity contribution in [3.63, 3.8) is 0 Å². The van der Waals surface area contributed by atoms with Crippen LogP contribution in [0.2, 0.25) is 0 Å². The lowest BCUT2D eigenvalue weighted by atomic mass is 10.1. The van der Waals surface area contributed by atoms with Crippen LogP contribution in [0.3, 0.4) is 0 Å². The summed E-state index contributed by atoms with van der Waals surface area (Å²) in [6.07, 6.45) is -0.337. The molecule has 0 aliphatic carbocycles. The second-order valence-electron chi connectivity index (χ2n) is 7.63. The summed E-state index contributed by atoms with van der Waals surface area (Å²) < 4.78 is 16.5. The van der Waals surface area contributed by atoms with Crippen molar-refractivity contribution >= 4 is 12.0 Å². The molecule has 7 nitrogen and oxygen atoms in total. The highest BCUT2D eigenvalue weighted by molar-refractivity contribution is 5.95. The molecule has 0 N–H and O–H groups in total. The van der Waals surface area contributed by atoms with Crippen LogP contribution in [0, 0.1) is 0 Å². The van der Waals surface area contributed by atoms with E-state index in [0.29, 0.717) is 49.9 Å². The van der Waals surface area contributed by atoms with Gasteiger partial charge in [0.25, 0.3) is 5.91 Å². The molecule has 2 amide bonds. The van der Waals surface area contributed by atoms with Gasteiger partial charge >= 0.3 is 6.09 Å². The van der Waals surface area contributed by atoms with Gasteiger partial charge in [0.15, 0.2) is 11.5 Å². The first-order valence-corrected chi connectivity index (χ1v) is 8.93. The Morgan fingerprint density at radius 1 is 1.12 bits per heavy atom. The molecule has 1 aromatic carbocycles. The number of amides is 2. The van der Waals surface area contributed by atoms with Gasteiger partial charge in [-0.25, -0.2) is 4.79 Å². The van der Waals surface area contributed by atoms with E-state index in [1.807, 2.05) is 27.7 Å². The Labute approximate surface area is 153 Å². The van der Waals surface area contributed by atoms with Crippen molar-refractivity contribution in [3.05, 3.63) is 23.8 Å². The molecule has 142 valence electrons. The van der Waals surface area contributed by atoms with Crippen molar-refractivity contribution in [2.24, 2.45) is 0 Å². The highest BCUT2D eigenvalue weighted by atomic mass is 16.6. The largest absolute Gasteiger partial charge is 0.486 e. The van der Waals surface area contributed by atoms with Crippen LogP contribution in [0.1, 0.15) is 38.1 Å². The predicted octanol–water partition coefficient (Wildman–Crippen LogP) is 2.54. The number of carbonyl (C=O) groups excluding carboxylic acids is 2. The molecule has 0 bridgehead atoms. The second kappa shape index (κ2) is 7.05. The summed E-state index contributed by atoms with van der Waals surface area (Å²) in [5, 5.41) is 0. The maximum Gasteiger partial charge on any atom is 0.410 e. The molecule has 0 radical (unpaired) electrons. The Hall–Kier alpha value is -2.44. The van der Waals surface area contributed by atoms with E-state index in [-0.39, 0.29) is 18.0 Å². The van der Waals surface area contributed by atoms with Crippen molar-refractivity contribution in [1.82, 2.24) is 9.80 Å². The maximum atomic E-state index is 12.9. The SMILES string of the molecule is C[C@H]1CN(C(=O)OC(C)(C)C)CCN1C(=O)c1ccc2c(c1)OCCO2. The molecule has 0 unspecified atom stereocenters. The summed E-state index contributed by atoms with van der Waals surface area (Å²) in [5.74, 6) is 1.19. The number of benzene rings is 1. The second-order valence-corrected chi connectivity index (χ2v) is 7.63. The molecule has 0 spiro atoms. The van der Waals surface area contributed by atoms with Crippen LogP contribution in [-0.4, -0.2) is 66.3 Å². The molecule has 0 saturated carbocycles. The quantitative estimate of drug-likeness (QED) is 0.768. The number of carbonyl (C=O) groups is 2. The van der Waals surface area contributed by atoms with Crippen LogP contribution >= 0.6 is 0 Å². The fourth-order valence-corrected chi connectivity index (χ4v) is 3.09. The number of hydrogen-bond acceptors (Lipinski definition) is 5. The first-order valence-electron chi connectivity index (χ1n) is 8.93. The van der Waals surface area contributed by atoms with Crippen LogP contribution in [0.5, 0.6) is 11.5 Å². The number of nitrogens with zero attached hydrogens (tertiary/aromatic N) is 2. The highest BCUT2D eigenvalue weighted by Gasteiger charge is 2.32. The molecule has 7 heteroatoms. The number of fused-ring (bicyclic) bond motifs is 1. The Kier molecular flexibility index (Phi) is 4.98. The Morgan fingerprint density at radius 2 is 1.81 bits per heavy atom. The van der Waals surface area contributed by atoms with Crippen LogP contribution in [0.4, 0.5) is 4.79 Å². The number of hydrogen-bond donors (Lipinski definition) is 0. The van der Waals surface area contributed by atoms with Gasteiger partial charge in [-0.2, -0.15) is 0 Å². The summed E-state index contributed by atoms with van der Waals surface area (Å²) in [6.45, 7) is 9.84. The van der Waals surface area contributed by atoms with E-state index in [2.05, 4.69) is 0 Å². The third kappa shape index (κ3) is 4.03. The highest BCUT2D eigenvalue weighted by Crippen LogP contribution is 2.31. The van der Waals surface area contributed by atoms with Crippen molar-refractivity contribution in [2.45, 2.75) is 39.3 Å². The molecule has 2 heterocycles. The molecule has 1 saturated heterocycles. The molecule has 2 aliphatic rings. The van der Waals surface area contributed by atoms with Crippen LogP contribution < -0.4 is 9.47 Å². The predicted molar refractivity (Wildman–Crippen MR) is 95.7 cm³/mol. The maximum absolute atomic E-state index is 12.9. The van der Waals surface area contributed by atoms with E-state index in [4.69, 9.17) is 14.2 Å². The lowest BCUT2D eigenvalue weighted by Crippen LogP contribution is -2.56. The zero-order valence-corrected chi connectivity index (χ0v) is 15.8. The number of rotatable bonds is 1. The molecular formula is C19H26N2O5. The zero-order chi connectivity index (χ0) is 18.9. The third-order valence-electron chi connectivity index (χ3n) is 4.33. The smallest absolute Gasteiger partial charge is 0.410 e. The molecule has 2 aliphatic heterocycles. The summed E-state index contributed by atoms with van der Waals surface area (Å²) >= 11 is 0. The molecule has 1 atom stereocenters. The number of ether oxygens (including phenoxy) is 3. The molecule has 0 aromatic heterocycles. The standard InChI is InChI=1S/C19H26N2O5/c1-13-12-20(18(23)26-19(2,3)4)7-8-21(13)17(22)14-5-6-15-16(11-14)25-10-9-24-15/h5-6,11,13H,7-10,12H2,1-4H3/t13-/m0/s1. The van der Waals surface area contributed by atoms with E-state index in [1.54, 1.807) is 28.0 Å². The lowest BCUT2D eigenvalue weighted by Gasteiger charge is -2.40. The van der Waals surface area contributed by atoms with Crippen LogP contribution in [-0.2, 0) is 4.74 Å². The zero-order valence-electron chi connectivity index (χ0n) is 15.8. The average molecular weight is 362 g/mol. The minimum absolute atomic E-state index is 0.0710. The van der Waals surface area contributed by atoms with Crippen molar-refractivity contribution < 1.29 is 23.8 Å².